The van der Waals surface area contributed by atoms with Gasteiger partial charge in [-0.05, 0) is 50.5 Å². The van der Waals surface area contributed by atoms with E-state index in [4.69, 9.17) is 0 Å². The van der Waals surface area contributed by atoms with E-state index in [-0.39, 0.29) is 11.7 Å². The third-order valence-electron chi connectivity index (χ3n) is 5.82. The largest absolute Gasteiger partial charge is 0.453 e. The third kappa shape index (κ3) is 2.95. The molecule has 25 heavy (non-hydrogen) atoms. The van der Waals surface area contributed by atoms with Crippen molar-refractivity contribution >= 4 is 11.5 Å². The molecule has 0 aromatic carbocycles. The quantitative estimate of drug-likeness (QED) is 0.882. The van der Waals surface area contributed by atoms with E-state index in [0.29, 0.717) is 11.4 Å². The van der Waals surface area contributed by atoms with Gasteiger partial charge in [0.15, 0.2) is 11.5 Å². The maximum absolute atomic E-state index is 13.1. The Labute approximate surface area is 144 Å². The number of aromatic nitrogens is 4. The SMILES string of the molecule is Cc1c(NC2CC3CCCC(C3)C2)nn2c(C(F)(F)F)nnc2c1C. The van der Waals surface area contributed by atoms with Crippen LogP contribution in [0.5, 0.6) is 0 Å². The van der Waals surface area contributed by atoms with Crippen LogP contribution in [-0.2, 0) is 6.18 Å². The van der Waals surface area contributed by atoms with Crippen LogP contribution in [0.25, 0.3) is 5.65 Å². The van der Waals surface area contributed by atoms with Crippen molar-refractivity contribution < 1.29 is 13.2 Å². The normalized spacial score (nSPS) is 26.8. The number of nitrogens with one attached hydrogen (secondary N) is 1. The van der Waals surface area contributed by atoms with Crippen molar-refractivity contribution in [1.82, 2.24) is 19.8 Å². The number of alkyl halides is 3. The van der Waals surface area contributed by atoms with E-state index in [1.54, 1.807) is 6.92 Å². The molecule has 5 nitrogen and oxygen atoms in total. The van der Waals surface area contributed by atoms with E-state index in [0.717, 1.165) is 34.8 Å². The Morgan fingerprint density at radius 3 is 2.32 bits per heavy atom. The number of rotatable bonds is 2. The molecule has 2 fully saturated rings. The number of anilines is 1. The summed E-state index contributed by atoms with van der Waals surface area (Å²) in [6.07, 6.45) is 2.71. The fourth-order valence-electron chi connectivity index (χ4n) is 4.49. The standard InChI is InChI=1S/C17H22F3N5/c1-9-10(2)15-22-23-16(17(18,19)20)25(15)24-14(9)21-13-7-11-4-3-5-12(6-11)8-13/h11-13H,3-8H2,1-2H3,(H,21,24). The molecule has 2 aliphatic carbocycles. The van der Waals surface area contributed by atoms with E-state index >= 15 is 0 Å². The number of fused-ring (bicyclic) bond motifs is 3. The summed E-state index contributed by atoms with van der Waals surface area (Å²) in [5.41, 5.74) is 1.68. The lowest BCUT2D eigenvalue weighted by Gasteiger charge is -2.39. The van der Waals surface area contributed by atoms with Crippen molar-refractivity contribution in [3.63, 3.8) is 0 Å². The second-order valence-corrected chi connectivity index (χ2v) is 7.57. The zero-order valence-corrected chi connectivity index (χ0v) is 14.4. The first kappa shape index (κ1) is 16.6. The average molecular weight is 353 g/mol. The van der Waals surface area contributed by atoms with Crippen LogP contribution in [0.3, 0.4) is 0 Å². The van der Waals surface area contributed by atoms with Gasteiger partial charge in [-0.25, -0.2) is 0 Å². The van der Waals surface area contributed by atoms with Gasteiger partial charge in [-0.3, -0.25) is 0 Å². The minimum atomic E-state index is -4.58. The van der Waals surface area contributed by atoms with Crippen LogP contribution in [0.4, 0.5) is 19.0 Å². The highest BCUT2D eigenvalue weighted by atomic mass is 19.4. The average Bonchev–Trinajstić information content (AvgIpc) is 2.96. The van der Waals surface area contributed by atoms with Gasteiger partial charge in [-0.1, -0.05) is 19.3 Å². The molecule has 8 heteroatoms. The number of hydrogen-bond donors (Lipinski definition) is 1. The predicted octanol–water partition coefficient (Wildman–Crippen LogP) is 4.14. The summed E-state index contributed by atoms with van der Waals surface area (Å²) in [4.78, 5) is 0. The van der Waals surface area contributed by atoms with Crippen molar-refractivity contribution in [1.29, 1.82) is 0 Å². The van der Waals surface area contributed by atoms with Crippen molar-refractivity contribution in [2.75, 3.05) is 5.32 Å². The molecule has 2 atom stereocenters. The first-order valence-electron chi connectivity index (χ1n) is 8.89. The summed E-state index contributed by atoms with van der Waals surface area (Å²) in [5, 5.41) is 14.6. The van der Waals surface area contributed by atoms with Gasteiger partial charge in [0, 0.05) is 11.6 Å². The molecule has 1 N–H and O–H groups in total. The molecule has 0 spiro atoms. The molecule has 4 rings (SSSR count). The second kappa shape index (κ2) is 5.85. The van der Waals surface area contributed by atoms with E-state index in [1.165, 1.54) is 25.7 Å². The number of nitrogens with zero attached hydrogens (tertiary/aromatic N) is 4. The lowest BCUT2D eigenvalue weighted by atomic mass is 9.70. The van der Waals surface area contributed by atoms with E-state index < -0.39 is 12.0 Å². The van der Waals surface area contributed by atoms with Crippen LogP contribution in [0.15, 0.2) is 0 Å². The Balaban J connectivity index is 1.68. The predicted molar refractivity (Wildman–Crippen MR) is 87.4 cm³/mol. The van der Waals surface area contributed by atoms with Gasteiger partial charge in [0.05, 0.1) is 0 Å². The minimum absolute atomic E-state index is 0.163. The lowest BCUT2D eigenvalue weighted by molar-refractivity contribution is -0.146. The summed E-state index contributed by atoms with van der Waals surface area (Å²) in [6.45, 7) is 3.64. The molecule has 2 bridgehead atoms. The van der Waals surface area contributed by atoms with Crippen LogP contribution < -0.4 is 5.32 Å². The van der Waals surface area contributed by atoms with Crippen LogP contribution in [0.1, 0.15) is 55.5 Å². The Bertz CT molecular complexity index is 786. The highest BCUT2D eigenvalue weighted by Gasteiger charge is 2.38. The summed E-state index contributed by atoms with van der Waals surface area (Å²) in [7, 11) is 0. The van der Waals surface area contributed by atoms with Crippen molar-refractivity contribution in [3.05, 3.63) is 17.0 Å². The molecule has 2 aromatic heterocycles. The Morgan fingerprint density at radius 1 is 1.00 bits per heavy atom. The molecule has 2 aromatic rings. The van der Waals surface area contributed by atoms with Crippen molar-refractivity contribution in [2.24, 2.45) is 11.8 Å². The van der Waals surface area contributed by atoms with E-state index in [1.807, 2.05) is 6.92 Å². The number of hydrogen-bond acceptors (Lipinski definition) is 4. The van der Waals surface area contributed by atoms with Gasteiger partial charge in [-0.2, -0.15) is 17.7 Å². The summed E-state index contributed by atoms with van der Waals surface area (Å²) in [5.74, 6) is 0.904. The monoisotopic (exact) mass is 353 g/mol. The third-order valence-corrected chi connectivity index (χ3v) is 5.82. The Kier molecular flexibility index (Phi) is 3.88. The van der Waals surface area contributed by atoms with Crippen molar-refractivity contribution in [3.8, 4) is 0 Å². The molecule has 136 valence electrons. The van der Waals surface area contributed by atoms with E-state index in [9.17, 15) is 13.2 Å². The molecule has 2 saturated carbocycles. The van der Waals surface area contributed by atoms with Gasteiger partial charge in [-0.15, -0.1) is 15.3 Å². The fraction of sp³-hybridized carbons (Fsp3) is 0.706. The van der Waals surface area contributed by atoms with Crippen LogP contribution in [0, 0.1) is 25.7 Å². The first-order chi connectivity index (χ1) is 11.8. The van der Waals surface area contributed by atoms with Crippen LogP contribution in [-0.4, -0.2) is 25.9 Å². The Hall–Kier alpha value is -1.86. The molecule has 2 heterocycles. The smallest absolute Gasteiger partial charge is 0.366 e. The van der Waals surface area contributed by atoms with Crippen LogP contribution in [0.2, 0.25) is 0 Å². The van der Waals surface area contributed by atoms with Gasteiger partial charge in [0.25, 0.3) is 5.82 Å². The number of aryl methyl sites for hydroxylation is 1. The maximum Gasteiger partial charge on any atom is 0.453 e. The van der Waals surface area contributed by atoms with Gasteiger partial charge in [0.2, 0.25) is 0 Å². The zero-order chi connectivity index (χ0) is 17.8. The molecule has 0 saturated heterocycles. The topological polar surface area (TPSA) is 55.1 Å². The lowest BCUT2D eigenvalue weighted by Crippen LogP contribution is -2.35. The summed E-state index contributed by atoms with van der Waals surface area (Å²) >= 11 is 0. The van der Waals surface area contributed by atoms with Gasteiger partial charge >= 0.3 is 6.18 Å². The van der Waals surface area contributed by atoms with Gasteiger partial charge in [0.1, 0.15) is 0 Å². The highest BCUT2D eigenvalue weighted by molar-refractivity contribution is 5.58. The number of halogens is 3. The van der Waals surface area contributed by atoms with E-state index in [2.05, 4.69) is 20.6 Å². The zero-order valence-electron chi connectivity index (χ0n) is 14.4. The summed E-state index contributed by atoms with van der Waals surface area (Å²) < 4.78 is 40.3. The van der Waals surface area contributed by atoms with Crippen LogP contribution >= 0.6 is 0 Å². The molecule has 0 amide bonds. The van der Waals surface area contributed by atoms with Crippen molar-refractivity contribution in [2.45, 2.75) is 64.6 Å². The molecular formula is C17H22F3N5. The molecule has 2 unspecified atom stereocenters. The minimum Gasteiger partial charge on any atom is -0.366 e. The molecule has 0 radical (unpaired) electrons. The summed E-state index contributed by atoms with van der Waals surface area (Å²) in [6, 6.07) is 0.276. The fourth-order valence-corrected chi connectivity index (χ4v) is 4.49. The first-order valence-corrected chi connectivity index (χ1v) is 8.89. The molecule has 2 aliphatic rings. The maximum atomic E-state index is 13.1. The molecule has 0 aliphatic heterocycles. The highest BCUT2D eigenvalue weighted by Crippen LogP contribution is 2.41. The van der Waals surface area contributed by atoms with Gasteiger partial charge < -0.3 is 5.32 Å². The second-order valence-electron chi connectivity index (χ2n) is 7.57. The Morgan fingerprint density at radius 2 is 1.68 bits per heavy atom. The molecular weight excluding hydrogens is 331 g/mol.